The Morgan fingerprint density at radius 1 is 0.722 bits per heavy atom. The monoisotopic (exact) mass is 516 g/mol. The van der Waals surface area contributed by atoms with Crippen LogP contribution in [0, 0.1) is 22.7 Å². The first kappa shape index (κ1) is 34.8. The first-order valence-electron chi connectivity index (χ1n) is 13.7. The number of rotatable bonds is 21. The highest BCUT2D eigenvalue weighted by Crippen LogP contribution is 2.26. The molecule has 0 heterocycles. The highest BCUT2D eigenvalue weighted by atomic mass is 16.5. The summed E-state index contributed by atoms with van der Waals surface area (Å²) in [5, 5.41) is 18.4. The summed E-state index contributed by atoms with van der Waals surface area (Å²) in [5.74, 6) is 0.490. The topological polar surface area (TPSA) is 99.5 Å². The molecule has 8 heteroatoms. The van der Waals surface area contributed by atoms with Crippen LogP contribution in [-0.2, 0) is 19.1 Å². The van der Waals surface area contributed by atoms with E-state index in [4.69, 9.17) is 9.47 Å². The molecule has 0 aromatic rings. The number of hydrogen-bond donors (Lipinski definition) is 2. The molecular weight excluding hydrogens is 460 g/mol. The molecule has 0 saturated heterocycles. The van der Waals surface area contributed by atoms with E-state index >= 15 is 0 Å². The fourth-order valence-corrected chi connectivity index (χ4v) is 3.99. The Morgan fingerprint density at radius 2 is 1.17 bits per heavy atom. The summed E-state index contributed by atoms with van der Waals surface area (Å²) >= 11 is 0. The van der Waals surface area contributed by atoms with Gasteiger partial charge in [-0.05, 0) is 43.2 Å². The molecule has 0 aromatic heterocycles. The van der Waals surface area contributed by atoms with Crippen LogP contribution in [0.15, 0.2) is 0 Å². The van der Waals surface area contributed by atoms with Crippen molar-refractivity contribution in [1.29, 1.82) is 0 Å². The molecule has 214 valence electrons. The van der Waals surface area contributed by atoms with Gasteiger partial charge in [-0.15, -0.1) is 0 Å². The van der Waals surface area contributed by atoms with Crippen LogP contribution < -0.4 is 0 Å². The first-order chi connectivity index (χ1) is 16.7. The van der Waals surface area contributed by atoms with E-state index in [2.05, 4.69) is 60.3 Å². The molecule has 0 spiro atoms. The summed E-state index contributed by atoms with van der Waals surface area (Å²) in [6.45, 7) is 21.3. The van der Waals surface area contributed by atoms with E-state index in [0.29, 0.717) is 57.8 Å². The molecule has 0 radical (unpaired) electrons. The number of esters is 2. The molecular formula is C28H56N2O6. The van der Waals surface area contributed by atoms with Gasteiger partial charge in [-0.3, -0.25) is 14.5 Å². The third kappa shape index (κ3) is 17.3. The molecule has 8 nitrogen and oxygen atoms in total. The predicted molar refractivity (Wildman–Crippen MR) is 145 cm³/mol. The number of ether oxygens (including phenoxy) is 2. The van der Waals surface area contributed by atoms with E-state index in [1.165, 1.54) is 0 Å². The van der Waals surface area contributed by atoms with Crippen molar-refractivity contribution in [3.63, 3.8) is 0 Å². The van der Waals surface area contributed by atoms with Crippen LogP contribution in [0.2, 0.25) is 0 Å². The minimum Gasteiger partial charge on any atom is -0.465 e. The van der Waals surface area contributed by atoms with Crippen molar-refractivity contribution in [3.05, 3.63) is 0 Å². The minimum absolute atomic E-state index is 0.0429. The van der Waals surface area contributed by atoms with Gasteiger partial charge in [0, 0.05) is 31.6 Å². The zero-order valence-corrected chi connectivity index (χ0v) is 24.5. The normalized spacial score (nSPS) is 12.7. The standard InChI is InChI=1S/C28H56N2O6/c1-23(2)20-27(5,6)21-35-25(33)10-14-29(12-9-13-30(16-18-31)17-19-32)15-11-26(34)36-22-28(7,8)24(3)4/h23-24,31-32H,9-22H2,1-8H3. The largest absolute Gasteiger partial charge is 0.465 e. The summed E-state index contributed by atoms with van der Waals surface area (Å²) in [7, 11) is 0. The number of aliphatic hydroxyl groups excluding tert-OH is 2. The van der Waals surface area contributed by atoms with Crippen LogP contribution in [0.1, 0.15) is 81.1 Å². The van der Waals surface area contributed by atoms with Crippen LogP contribution >= 0.6 is 0 Å². The number of nitrogens with zero attached hydrogens (tertiary/aromatic N) is 2. The number of carbonyl (C=O) groups excluding carboxylic acids is 2. The van der Waals surface area contributed by atoms with Gasteiger partial charge in [-0.1, -0.05) is 55.4 Å². The molecule has 0 bridgehead atoms. The van der Waals surface area contributed by atoms with Gasteiger partial charge in [-0.25, -0.2) is 0 Å². The van der Waals surface area contributed by atoms with Gasteiger partial charge in [0.25, 0.3) is 0 Å². The Kier molecular flexibility index (Phi) is 17.5. The lowest BCUT2D eigenvalue weighted by molar-refractivity contribution is -0.148. The molecule has 0 atom stereocenters. The van der Waals surface area contributed by atoms with Crippen molar-refractivity contribution in [3.8, 4) is 0 Å². The number of aliphatic hydroxyl groups is 2. The highest BCUT2D eigenvalue weighted by Gasteiger charge is 2.25. The van der Waals surface area contributed by atoms with Gasteiger partial charge in [0.2, 0.25) is 0 Å². The Labute approximate surface area is 220 Å². The lowest BCUT2D eigenvalue weighted by Crippen LogP contribution is -2.35. The SMILES string of the molecule is CC(C)CC(C)(C)COC(=O)CCN(CCCN(CCO)CCO)CCC(=O)OCC(C)(C)C(C)C. The van der Waals surface area contributed by atoms with E-state index in [1.807, 2.05) is 4.90 Å². The smallest absolute Gasteiger partial charge is 0.307 e. The molecule has 0 aliphatic heterocycles. The van der Waals surface area contributed by atoms with Crippen LogP contribution in [0.3, 0.4) is 0 Å². The van der Waals surface area contributed by atoms with Gasteiger partial charge in [-0.2, -0.15) is 0 Å². The lowest BCUT2D eigenvalue weighted by Gasteiger charge is -2.29. The highest BCUT2D eigenvalue weighted by molar-refractivity contribution is 5.70. The van der Waals surface area contributed by atoms with E-state index in [0.717, 1.165) is 19.4 Å². The Hall–Kier alpha value is -1.22. The average molecular weight is 517 g/mol. The maximum atomic E-state index is 12.4. The van der Waals surface area contributed by atoms with E-state index in [9.17, 15) is 19.8 Å². The van der Waals surface area contributed by atoms with Crippen molar-refractivity contribution in [2.24, 2.45) is 22.7 Å². The van der Waals surface area contributed by atoms with Crippen LogP contribution in [-0.4, -0.2) is 97.6 Å². The molecule has 0 unspecified atom stereocenters. The predicted octanol–water partition coefficient (Wildman–Crippen LogP) is 3.59. The second kappa shape index (κ2) is 18.1. The fraction of sp³-hybridized carbons (Fsp3) is 0.929. The molecule has 0 amide bonds. The van der Waals surface area contributed by atoms with Gasteiger partial charge < -0.3 is 24.6 Å². The van der Waals surface area contributed by atoms with Crippen molar-refractivity contribution in [2.45, 2.75) is 81.1 Å². The molecule has 0 aliphatic rings. The third-order valence-corrected chi connectivity index (χ3v) is 6.80. The van der Waals surface area contributed by atoms with Crippen molar-refractivity contribution >= 4 is 11.9 Å². The zero-order chi connectivity index (χ0) is 27.8. The maximum Gasteiger partial charge on any atom is 0.307 e. The second-order valence-corrected chi connectivity index (χ2v) is 12.2. The Morgan fingerprint density at radius 3 is 1.58 bits per heavy atom. The van der Waals surface area contributed by atoms with Crippen molar-refractivity contribution in [1.82, 2.24) is 9.80 Å². The van der Waals surface area contributed by atoms with E-state index in [1.54, 1.807) is 0 Å². The number of hydrogen-bond acceptors (Lipinski definition) is 8. The van der Waals surface area contributed by atoms with Crippen molar-refractivity contribution < 1.29 is 29.3 Å². The van der Waals surface area contributed by atoms with Crippen molar-refractivity contribution in [2.75, 3.05) is 65.7 Å². The number of carbonyl (C=O) groups is 2. The van der Waals surface area contributed by atoms with Gasteiger partial charge >= 0.3 is 11.9 Å². The van der Waals surface area contributed by atoms with Crippen LogP contribution in [0.5, 0.6) is 0 Å². The molecule has 36 heavy (non-hydrogen) atoms. The third-order valence-electron chi connectivity index (χ3n) is 6.80. The molecule has 0 fully saturated rings. The van der Waals surface area contributed by atoms with Gasteiger partial charge in [0.1, 0.15) is 0 Å². The first-order valence-corrected chi connectivity index (χ1v) is 13.7. The summed E-state index contributed by atoms with van der Waals surface area (Å²) in [5.41, 5.74) is -0.134. The van der Waals surface area contributed by atoms with E-state index in [-0.39, 0.29) is 48.8 Å². The maximum absolute atomic E-state index is 12.4. The average Bonchev–Trinajstić information content (AvgIpc) is 2.77. The summed E-state index contributed by atoms with van der Waals surface area (Å²) in [4.78, 5) is 29.0. The lowest BCUT2D eigenvalue weighted by atomic mass is 9.82. The van der Waals surface area contributed by atoms with Crippen LogP contribution in [0.4, 0.5) is 0 Å². The van der Waals surface area contributed by atoms with E-state index < -0.39 is 0 Å². The summed E-state index contributed by atoms with van der Waals surface area (Å²) in [6.07, 6.45) is 2.32. The fourth-order valence-electron chi connectivity index (χ4n) is 3.99. The Bertz CT molecular complexity index is 601. The van der Waals surface area contributed by atoms with Crippen LogP contribution in [0.25, 0.3) is 0 Å². The van der Waals surface area contributed by atoms with Gasteiger partial charge in [0.05, 0.1) is 39.3 Å². The Balaban J connectivity index is 4.82. The molecule has 0 aliphatic carbocycles. The quantitative estimate of drug-likeness (QED) is 0.223. The van der Waals surface area contributed by atoms with Gasteiger partial charge in [0.15, 0.2) is 0 Å². The molecule has 2 N–H and O–H groups in total. The summed E-state index contributed by atoms with van der Waals surface area (Å²) < 4.78 is 11.1. The summed E-state index contributed by atoms with van der Waals surface area (Å²) in [6, 6.07) is 0. The zero-order valence-electron chi connectivity index (χ0n) is 24.5. The second-order valence-electron chi connectivity index (χ2n) is 12.2. The molecule has 0 rings (SSSR count). The molecule has 0 aromatic carbocycles. The minimum atomic E-state index is -0.228. The molecule has 0 saturated carbocycles.